The number of nitrogens with one attached hydrogen (secondary N) is 2. The van der Waals surface area contributed by atoms with Gasteiger partial charge in [-0.05, 0) is 79.8 Å². The topological polar surface area (TPSA) is 212 Å². The van der Waals surface area contributed by atoms with E-state index >= 15 is 31.1 Å². The van der Waals surface area contributed by atoms with E-state index in [0.717, 1.165) is 23.0 Å². The van der Waals surface area contributed by atoms with E-state index in [1.165, 1.54) is 30.0 Å². The Kier molecular flexibility index (Phi) is 14.6. The number of halogens is 13. The summed E-state index contributed by atoms with van der Waals surface area (Å²) in [4.78, 5) is 54.1. The van der Waals surface area contributed by atoms with Crippen molar-refractivity contribution in [3.05, 3.63) is 120 Å². The number of rotatable bonds is 20. The van der Waals surface area contributed by atoms with Crippen LogP contribution in [0, 0.1) is 23.5 Å². The molecule has 5 aromatic heterocycles. The van der Waals surface area contributed by atoms with E-state index in [2.05, 4.69) is 30.3 Å². The summed E-state index contributed by atoms with van der Waals surface area (Å²) >= 11 is 6.83. The maximum absolute atomic E-state index is 16.1. The Morgan fingerprint density at radius 3 is 2.00 bits per heavy atom. The average molecular weight is 1260 g/mol. The summed E-state index contributed by atoms with van der Waals surface area (Å²) in [5, 5.41) is 13.6. The number of alkyl halides is 10. The van der Waals surface area contributed by atoms with Gasteiger partial charge in [-0.1, -0.05) is 11.6 Å². The van der Waals surface area contributed by atoms with E-state index in [1.54, 1.807) is 0 Å². The Balaban J connectivity index is 1.06. The van der Waals surface area contributed by atoms with Crippen molar-refractivity contribution in [3.63, 3.8) is 0 Å². The summed E-state index contributed by atoms with van der Waals surface area (Å²) in [5.41, 5.74) is -7.13. The number of aryl methyl sites for hydroxylation is 1. The molecule has 0 spiro atoms. The lowest BCUT2D eigenvalue weighted by molar-refractivity contribution is -0.146. The Bertz CT molecular complexity index is 4110. The fourth-order valence-corrected chi connectivity index (χ4v) is 13.4. The number of amides is 1. The summed E-state index contributed by atoms with van der Waals surface area (Å²) in [6.07, 6.45) is -8.22. The summed E-state index contributed by atoms with van der Waals surface area (Å²) in [6.45, 7) is -3.27. The third kappa shape index (κ3) is 10.5. The van der Waals surface area contributed by atoms with Crippen LogP contribution in [-0.2, 0) is 73.6 Å². The zero-order valence-electron chi connectivity index (χ0n) is 45.0. The molecule has 0 unspecified atom stereocenters. The zero-order valence-corrected chi connectivity index (χ0v) is 46.6. The van der Waals surface area contributed by atoms with Crippen LogP contribution >= 0.6 is 11.6 Å². The normalized spacial score (nSPS) is 21.0. The van der Waals surface area contributed by atoms with Crippen molar-refractivity contribution in [1.29, 1.82) is 0 Å². The second kappa shape index (κ2) is 21.3. The van der Waals surface area contributed by atoms with Gasteiger partial charge in [0.15, 0.2) is 11.5 Å². The summed E-state index contributed by atoms with van der Waals surface area (Å²) < 4.78 is 222. The lowest BCUT2D eigenvalue weighted by Crippen LogP contribution is -2.38. The molecular formula is C54H48ClF12N11O7S. The minimum atomic E-state index is -4.16. The van der Waals surface area contributed by atoms with Gasteiger partial charge in [0.2, 0.25) is 21.9 Å². The first-order chi connectivity index (χ1) is 40.5. The van der Waals surface area contributed by atoms with Crippen LogP contribution in [-0.4, -0.2) is 90.1 Å². The smallest absolute Gasteiger partial charge is 0.328 e. The molecular weight excluding hydrogens is 1210 g/mol. The molecule has 3 saturated carbocycles. The fourth-order valence-electron chi connectivity index (χ4n) is 12.7. The molecule has 458 valence electrons. The molecule has 0 bridgehead atoms. The zero-order chi connectivity index (χ0) is 61.4. The maximum Gasteiger partial charge on any atom is 0.328 e. The standard InChI is InChI=1S/C54H48ClF12N11O7S/c1-84-11-3-10-75-43-34(5-4-31(55)40(43)49(73-75)74-86(2,82)83)78-50(33(14-22-12-25(56)16-26(57)13-22)68-35(79)19-76-44-38(41(71-76)46(58)59)27-17-29(27)53(44,64)65)70-48-37(51(78)81)24(15-32(69-48)23-6-8-52(62,63)9-7-23)21-85-36(80)20-77-45-39(42(72-77)47(60)61)28-18-30(28)54(45,66)67/h4-5,12-13,15-16,23,27-30,33,46-47H,3,6-11,14,17-21H2,1-2H3,(H,68,79)(H,73,74)/t27-,28-,29+,30+,33-/m0/s1. The highest BCUT2D eigenvalue weighted by Gasteiger charge is 2.68. The Morgan fingerprint density at radius 1 is 0.814 bits per heavy atom. The number of aromatic nitrogens is 9. The van der Waals surface area contributed by atoms with Crippen LogP contribution in [0.2, 0.25) is 5.02 Å². The van der Waals surface area contributed by atoms with Crippen molar-refractivity contribution in [1.82, 2.24) is 49.2 Å². The van der Waals surface area contributed by atoms with Gasteiger partial charge in [-0.2, -0.15) is 32.9 Å². The Hall–Kier alpha value is -7.28. The highest BCUT2D eigenvalue weighted by Crippen LogP contribution is 2.69. The van der Waals surface area contributed by atoms with Crippen LogP contribution < -0.4 is 15.6 Å². The summed E-state index contributed by atoms with van der Waals surface area (Å²) in [6, 6.07) is 4.06. The Morgan fingerprint density at radius 2 is 1.42 bits per heavy atom. The van der Waals surface area contributed by atoms with Crippen molar-refractivity contribution in [2.45, 2.75) is 132 Å². The highest BCUT2D eigenvalue weighted by molar-refractivity contribution is 7.92. The van der Waals surface area contributed by atoms with Crippen molar-refractivity contribution in [3.8, 4) is 5.69 Å². The molecule has 12 rings (SSSR count). The molecule has 0 aliphatic heterocycles. The number of hydrogen-bond donors (Lipinski definition) is 2. The third-order valence-electron chi connectivity index (χ3n) is 16.5. The van der Waals surface area contributed by atoms with Gasteiger partial charge in [-0.15, -0.1) is 0 Å². The highest BCUT2D eigenvalue weighted by atomic mass is 35.5. The maximum atomic E-state index is 16.1. The number of ether oxygens (including phenoxy) is 2. The number of benzene rings is 2. The van der Waals surface area contributed by atoms with E-state index in [9.17, 15) is 44.3 Å². The quantitative estimate of drug-likeness (QED) is 0.0415. The van der Waals surface area contributed by atoms with Gasteiger partial charge in [-0.25, -0.2) is 53.5 Å². The predicted molar refractivity (Wildman–Crippen MR) is 279 cm³/mol. The molecule has 5 atom stereocenters. The predicted octanol–water partition coefficient (Wildman–Crippen LogP) is 10.3. The van der Waals surface area contributed by atoms with Gasteiger partial charge in [0.25, 0.3) is 30.3 Å². The van der Waals surface area contributed by atoms with Gasteiger partial charge in [0.05, 0.1) is 39.3 Å². The molecule has 2 aromatic carbocycles. The van der Waals surface area contributed by atoms with Gasteiger partial charge in [0.1, 0.15) is 59.9 Å². The lowest BCUT2D eigenvalue weighted by atomic mass is 9.84. The molecule has 32 heteroatoms. The van der Waals surface area contributed by atoms with Gasteiger partial charge in [0, 0.05) is 85.7 Å². The third-order valence-corrected chi connectivity index (χ3v) is 17.3. The number of hydrogen-bond acceptors (Lipinski definition) is 12. The summed E-state index contributed by atoms with van der Waals surface area (Å²) in [7, 11) is -2.77. The molecule has 0 saturated heterocycles. The first-order valence-corrected chi connectivity index (χ1v) is 29.3. The number of anilines is 1. The average Bonchev–Trinajstić information content (AvgIpc) is 1.52. The van der Waals surface area contributed by atoms with Gasteiger partial charge >= 0.3 is 5.97 Å². The minimum Gasteiger partial charge on any atom is -0.459 e. The van der Waals surface area contributed by atoms with Crippen molar-refractivity contribution in [2.75, 3.05) is 24.7 Å². The molecule has 5 aliphatic carbocycles. The molecule has 5 aliphatic rings. The number of fused-ring (bicyclic) bond motifs is 8. The fraction of sp³-hybridized carbons (Fsp3) is 0.481. The van der Waals surface area contributed by atoms with E-state index < -0.39 is 189 Å². The Labute approximate surface area is 483 Å². The van der Waals surface area contributed by atoms with Crippen molar-refractivity contribution < 1.29 is 80.2 Å². The van der Waals surface area contributed by atoms with Crippen LogP contribution in [0.3, 0.4) is 0 Å². The number of sulfonamides is 1. The lowest BCUT2D eigenvalue weighted by Gasteiger charge is -2.28. The van der Waals surface area contributed by atoms with Crippen LogP contribution in [0.1, 0.15) is 138 Å². The number of pyridine rings is 1. The molecule has 0 radical (unpaired) electrons. The van der Waals surface area contributed by atoms with E-state index in [1.807, 2.05) is 0 Å². The number of nitrogens with zero attached hydrogens (tertiary/aromatic N) is 9. The van der Waals surface area contributed by atoms with E-state index in [-0.39, 0.29) is 95.1 Å². The molecule has 18 nitrogen and oxygen atoms in total. The van der Waals surface area contributed by atoms with Crippen molar-refractivity contribution >= 4 is 61.3 Å². The SMILES string of the molecule is COCCCn1nc(NS(C)(=O)=O)c2c(Cl)ccc(-n3c([C@H](Cc4cc(F)cc(F)c4)NC(=O)Cn4nc(C(F)F)c5c4C(F)(F)[C@@H]4C[C@H]54)nc4nc(C5CCC(F)(F)CC5)cc(COC(=O)Cn5nc(C(F)F)c6c5C(F)(F)[C@@H]5C[C@H]65)c4c3=O)c21. The van der Waals surface area contributed by atoms with Gasteiger partial charge < -0.3 is 14.8 Å². The number of carbonyl (C=O) groups is 2. The van der Waals surface area contributed by atoms with E-state index in [4.69, 9.17) is 26.1 Å². The van der Waals surface area contributed by atoms with Crippen LogP contribution in [0.5, 0.6) is 0 Å². The summed E-state index contributed by atoms with van der Waals surface area (Å²) in [5.74, 6) is -21.6. The van der Waals surface area contributed by atoms with Crippen LogP contribution in [0.15, 0.2) is 41.2 Å². The first kappa shape index (κ1) is 59.1. The second-order valence-corrected chi connectivity index (χ2v) is 24.5. The molecule has 5 heterocycles. The largest absolute Gasteiger partial charge is 0.459 e. The monoisotopic (exact) mass is 1260 g/mol. The second-order valence-electron chi connectivity index (χ2n) is 22.3. The molecule has 86 heavy (non-hydrogen) atoms. The van der Waals surface area contributed by atoms with E-state index in [0.29, 0.717) is 15.4 Å². The molecule has 1 amide bonds. The van der Waals surface area contributed by atoms with Crippen LogP contribution in [0.25, 0.3) is 27.6 Å². The number of esters is 1. The minimum absolute atomic E-state index is 0.00397. The number of methoxy groups -OCH3 is 1. The van der Waals surface area contributed by atoms with Gasteiger partial charge in [-0.3, -0.25) is 37.7 Å². The molecule has 2 N–H and O–H groups in total. The first-order valence-electron chi connectivity index (χ1n) is 27.0. The van der Waals surface area contributed by atoms with Crippen LogP contribution in [0.4, 0.5) is 58.5 Å². The molecule has 3 fully saturated rings. The number of carbonyl (C=O) groups excluding carboxylic acids is 2. The van der Waals surface area contributed by atoms with Crippen molar-refractivity contribution in [2.24, 2.45) is 11.8 Å². The molecule has 7 aromatic rings.